The summed E-state index contributed by atoms with van der Waals surface area (Å²) in [7, 11) is 0. The van der Waals surface area contributed by atoms with Crippen LogP contribution >= 0.6 is 0 Å². The van der Waals surface area contributed by atoms with Crippen LogP contribution in [0, 0.1) is 0 Å². The van der Waals surface area contributed by atoms with Gasteiger partial charge in [0.15, 0.2) is 17.5 Å². The molecule has 3 heterocycles. The maximum atomic E-state index is 5.18. The number of hydrogen-bond donors (Lipinski definition) is 0. The summed E-state index contributed by atoms with van der Waals surface area (Å²) in [6.07, 6.45) is 1.85. The van der Waals surface area contributed by atoms with Crippen molar-refractivity contribution in [2.45, 2.75) is 0 Å². The van der Waals surface area contributed by atoms with Crippen molar-refractivity contribution in [2.75, 3.05) is 0 Å². The lowest BCUT2D eigenvalue weighted by Gasteiger charge is -2.15. The van der Waals surface area contributed by atoms with Gasteiger partial charge in [-0.05, 0) is 98.4 Å². The van der Waals surface area contributed by atoms with E-state index in [4.69, 9.17) is 19.9 Å². The van der Waals surface area contributed by atoms with Crippen molar-refractivity contribution in [1.29, 1.82) is 0 Å². The molecule has 0 unspecified atom stereocenters. The molecule has 0 N–H and O–H groups in total. The summed E-state index contributed by atoms with van der Waals surface area (Å²) >= 11 is 0. The van der Waals surface area contributed by atoms with Crippen LogP contribution < -0.4 is 0 Å². The first-order valence-electron chi connectivity index (χ1n) is 19.1. The molecule has 3 aromatic heterocycles. The smallest absolute Gasteiger partial charge is 0.164 e. The first-order chi connectivity index (χ1) is 28.2. The Labute approximate surface area is 329 Å². The summed E-state index contributed by atoms with van der Waals surface area (Å²) in [5.74, 6) is 2.77. The number of para-hydroxylation sites is 1. The van der Waals surface area contributed by atoms with Gasteiger partial charge in [0.1, 0.15) is 5.82 Å². The molecule has 266 valence electrons. The number of pyridine rings is 1. The molecule has 11 aromatic rings. The molecular weight excluding hydrogens is 695 g/mol. The highest BCUT2D eigenvalue weighted by molar-refractivity contribution is 6.14. The summed E-state index contributed by atoms with van der Waals surface area (Å²) in [4.78, 5) is 20.1. The fraction of sp³-hybridized carbons (Fsp3) is 0. The molecule has 0 aliphatic carbocycles. The molecule has 5 heteroatoms. The average molecular weight is 728 g/mol. The molecule has 0 spiro atoms. The molecule has 11 rings (SSSR count). The molecule has 5 nitrogen and oxygen atoms in total. The lowest BCUT2D eigenvalue weighted by Crippen LogP contribution is -2.00. The second-order valence-electron chi connectivity index (χ2n) is 14.3. The average Bonchev–Trinajstić information content (AvgIpc) is 3.63. The highest BCUT2D eigenvalue weighted by Crippen LogP contribution is 2.40. The van der Waals surface area contributed by atoms with Crippen LogP contribution in [0.15, 0.2) is 200 Å². The normalized spacial score (nSPS) is 11.5. The third kappa shape index (κ3) is 5.72. The van der Waals surface area contributed by atoms with Gasteiger partial charge >= 0.3 is 0 Å². The first-order valence-corrected chi connectivity index (χ1v) is 19.1. The summed E-state index contributed by atoms with van der Waals surface area (Å²) in [6, 6.07) is 68.1. The van der Waals surface area contributed by atoms with Crippen LogP contribution in [0.25, 0.3) is 106 Å². The molecule has 0 bridgehead atoms. The Morgan fingerprint density at radius 2 is 0.877 bits per heavy atom. The van der Waals surface area contributed by atoms with Crippen LogP contribution in [-0.4, -0.2) is 24.5 Å². The van der Waals surface area contributed by atoms with Crippen molar-refractivity contribution in [3.8, 4) is 62.2 Å². The Balaban J connectivity index is 1.18. The van der Waals surface area contributed by atoms with Crippen molar-refractivity contribution in [3.63, 3.8) is 0 Å². The van der Waals surface area contributed by atoms with Gasteiger partial charge < -0.3 is 0 Å². The second-order valence-corrected chi connectivity index (χ2v) is 14.3. The number of fused-ring (bicyclic) bond motifs is 6. The molecule has 0 fully saturated rings. The van der Waals surface area contributed by atoms with Crippen molar-refractivity contribution in [1.82, 2.24) is 24.5 Å². The van der Waals surface area contributed by atoms with Gasteiger partial charge in [-0.3, -0.25) is 4.57 Å². The van der Waals surface area contributed by atoms with E-state index in [2.05, 4.69) is 126 Å². The van der Waals surface area contributed by atoms with E-state index in [0.29, 0.717) is 17.5 Å². The molecule has 0 radical (unpaired) electrons. The van der Waals surface area contributed by atoms with E-state index < -0.39 is 0 Å². The van der Waals surface area contributed by atoms with Crippen molar-refractivity contribution in [3.05, 3.63) is 200 Å². The second kappa shape index (κ2) is 13.5. The number of aromatic nitrogens is 5. The molecule has 8 aromatic carbocycles. The quantitative estimate of drug-likeness (QED) is 0.160. The van der Waals surface area contributed by atoms with Crippen LogP contribution in [0.2, 0.25) is 0 Å². The predicted molar refractivity (Wildman–Crippen MR) is 234 cm³/mol. The zero-order valence-corrected chi connectivity index (χ0v) is 30.8. The Kier molecular flexibility index (Phi) is 7.74. The van der Waals surface area contributed by atoms with Gasteiger partial charge in [-0.25, -0.2) is 19.9 Å². The van der Waals surface area contributed by atoms with Crippen LogP contribution in [0.5, 0.6) is 0 Å². The monoisotopic (exact) mass is 727 g/mol. The molecule has 0 amide bonds. The lowest BCUT2D eigenvalue weighted by molar-refractivity contribution is 1.07. The number of nitrogens with zero attached hydrogens (tertiary/aromatic N) is 5. The third-order valence-corrected chi connectivity index (χ3v) is 10.9. The summed E-state index contributed by atoms with van der Waals surface area (Å²) in [5, 5.41) is 7.18. The highest BCUT2D eigenvalue weighted by atomic mass is 15.1. The molecule has 0 saturated carbocycles. The van der Waals surface area contributed by atoms with Crippen molar-refractivity contribution >= 4 is 43.4 Å². The van der Waals surface area contributed by atoms with Crippen LogP contribution in [0.1, 0.15) is 0 Å². The van der Waals surface area contributed by atoms with Crippen molar-refractivity contribution in [2.24, 2.45) is 0 Å². The van der Waals surface area contributed by atoms with E-state index >= 15 is 0 Å². The third-order valence-electron chi connectivity index (χ3n) is 10.9. The minimum absolute atomic E-state index is 0.615. The molecule has 0 aliphatic heterocycles. The summed E-state index contributed by atoms with van der Waals surface area (Å²) in [6.45, 7) is 0. The number of benzene rings is 8. The Morgan fingerprint density at radius 3 is 1.60 bits per heavy atom. The van der Waals surface area contributed by atoms with E-state index in [1.807, 2.05) is 79.0 Å². The maximum Gasteiger partial charge on any atom is 0.164 e. The van der Waals surface area contributed by atoms with Crippen LogP contribution in [-0.2, 0) is 0 Å². The Morgan fingerprint density at radius 1 is 0.316 bits per heavy atom. The zero-order chi connectivity index (χ0) is 37.7. The van der Waals surface area contributed by atoms with Gasteiger partial charge in [0.2, 0.25) is 0 Å². The van der Waals surface area contributed by atoms with Crippen LogP contribution in [0.4, 0.5) is 0 Å². The predicted octanol–water partition coefficient (Wildman–Crippen LogP) is 13.0. The van der Waals surface area contributed by atoms with E-state index in [0.717, 1.165) is 61.2 Å². The van der Waals surface area contributed by atoms with E-state index in [9.17, 15) is 0 Å². The van der Waals surface area contributed by atoms with Gasteiger partial charge in [-0.1, -0.05) is 140 Å². The minimum Gasteiger partial charge on any atom is -0.294 e. The lowest BCUT2D eigenvalue weighted by atomic mass is 9.90. The number of rotatable bonds is 6. The minimum atomic E-state index is 0.615. The van der Waals surface area contributed by atoms with Gasteiger partial charge in [-0.15, -0.1) is 0 Å². The zero-order valence-electron chi connectivity index (χ0n) is 30.8. The van der Waals surface area contributed by atoms with Gasteiger partial charge in [-0.2, -0.15) is 0 Å². The molecular formula is C52H33N5. The molecule has 0 aliphatic rings. The van der Waals surface area contributed by atoms with Gasteiger partial charge in [0, 0.05) is 33.7 Å². The van der Waals surface area contributed by atoms with Gasteiger partial charge in [0.25, 0.3) is 0 Å². The largest absolute Gasteiger partial charge is 0.294 e. The number of hydrogen-bond acceptors (Lipinski definition) is 4. The summed E-state index contributed by atoms with van der Waals surface area (Å²) < 4.78 is 2.25. The van der Waals surface area contributed by atoms with E-state index in [1.165, 1.54) is 26.9 Å². The Hall–Kier alpha value is -7.76. The fourth-order valence-corrected chi connectivity index (χ4v) is 8.19. The standard InChI is InChI=1S/C52H33N5/c1-3-15-34(16-4-1)50-54-51(35-17-5-2-6-18-35)56-52(55-50)40-30-38(29-39(31-40)45-33-37-19-7-8-20-41(37)42-21-9-10-22-43(42)45)36-26-27-48-46(32-36)44-23-11-12-24-47(44)57(48)49-25-13-14-28-53-49/h1-33H. The highest BCUT2D eigenvalue weighted by Gasteiger charge is 2.18. The van der Waals surface area contributed by atoms with Crippen LogP contribution in [0.3, 0.4) is 0 Å². The molecule has 0 saturated heterocycles. The Bertz CT molecular complexity index is 3220. The topological polar surface area (TPSA) is 56.5 Å². The SMILES string of the molecule is c1ccc(-c2nc(-c3ccccc3)nc(-c3cc(-c4ccc5c(c4)c4ccccc4n5-c4ccccn4)cc(-c4cc5ccccc5c5ccccc45)c3)n2)cc1. The van der Waals surface area contributed by atoms with E-state index in [1.54, 1.807) is 0 Å². The van der Waals surface area contributed by atoms with E-state index in [-0.39, 0.29) is 0 Å². The molecule has 0 atom stereocenters. The molecule has 57 heavy (non-hydrogen) atoms. The van der Waals surface area contributed by atoms with Crippen molar-refractivity contribution < 1.29 is 0 Å². The first kappa shape index (κ1) is 32.7. The summed E-state index contributed by atoms with van der Waals surface area (Å²) in [5.41, 5.74) is 9.41. The van der Waals surface area contributed by atoms with Gasteiger partial charge in [0.05, 0.1) is 11.0 Å². The fourth-order valence-electron chi connectivity index (χ4n) is 8.19. The maximum absolute atomic E-state index is 5.18.